The van der Waals surface area contributed by atoms with Crippen LogP contribution in [0, 0.1) is 6.92 Å². The summed E-state index contributed by atoms with van der Waals surface area (Å²) in [5.41, 5.74) is 2.18. The van der Waals surface area contributed by atoms with Crippen LogP contribution in [0.4, 0.5) is 0 Å². The standard InChI is InChI=1S/C23H26ClN3O4S2/c1-16-19(24)10-11-20-21(16)27(14-15-31-2)23(32-20)25-22(28)17-6-8-18(9-7-17)33(29,30)26-12-4-3-5-13-26/h6-11H,3-5,12-15H2,1-2H3. The monoisotopic (exact) mass is 507 g/mol. The Morgan fingerprint density at radius 1 is 1.12 bits per heavy atom. The summed E-state index contributed by atoms with van der Waals surface area (Å²) in [6.07, 6.45) is 2.80. The zero-order valence-corrected chi connectivity index (χ0v) is 21.0. The summed E-state index contributed by atoms with van der Waals surface area (Å²) in [6.45, 7) is 4.00. The molecule has 0 aliphatic carbocycles. The molecule has 2 heterocycles. The van der Waals surface area contributed by atoms with E-state index < -0.39 is 15.9 Å². The van der Waals surface area contributed by atoms with Crippen LogP contribution in [0.2, 0.25) is 5.02 Å². The molecule has 1 aliphatic rings. The normalized spacial score (nSPS) is 15.9. The van der Waals surface area contributed by atoms with E-state index in [1.54, 1.807) is 7.11 Å². The smallest absolute Gasteiger partial charge is 0.279 e. The Labute approximate surface area is 202 Å². The van der Waals surface area contributed by atoms with Crippen LogP contribution in [-0.4, -0.2) is 50.0 Å². The van der Waals surface area contributed by atoms with Crippen LogP contribution in [0.15, 0.2) is 46.3 Å². The molecule has 33 heavy (non-hydrogen) atoms. The van der Waals surface area contributed by atoms with E-state index in [4.69, 9.17) is 16.3 Å². The highest BCUT2D eigenvalue weighted by atomic mass is 35.5. The van der Waals surface area contributed by atoms with E-state index in [2.05, 4.69) is 4.99 Å². The molecule has 10 heteroatoms. The van der Waals surface area contributed by atoms with E-state index in [1.807, 2.05) is 23.6 Å². The molecule has 0 saturated carbocycles. The number of aromatic nitrogens is 1. The minimum Gasteiger partial charge on any atom is -0.383 e. The molecule has 0 atom stereocenters. The van der Waals surface area contributed by atoms with Crippen molar-refractivity contribution in [3.8, 4) is 0 Å². The molecule has 0 unspecified atom stereocenters. The molecule has 176 valence electrons. The number of thiazole rings is 1. The fraction of sp³-hybridized carbons (Fsp3) is 0.391. The van der Waals surface area contributed by atoms with E-state index in [0.717, 1.165) is 35.0 Å². The van der Waals surface area contributed by atoms with E-state index in [-0.39, 0.29) is 4.90 Å². The van der Waals surface area contributed by atoms with Gasteiger partial charge in [-0.05, 0) is 61.7 Å². The molecular weight excluding hydrogens is 482 g/mol. The molecule has 0 radical (unpaired) electrons. The van der Waals surface area contributed by atoms with Crippen LogP contribution >= 0.6 is 22.9 Å². The number of ether oxygens (including phenoxy) is 1. The zero-order valence-electron chi connectivity index (χ0n) is 18.6. The van der Waals surface area contributed by atoms with Gasteiger partial charge in [0.25, 0.3) is 5.91 Å². The second-order valence-corrected chi connectivity index (χ2v) is 11.3. The van der Waals surface area contributed by atoms with Gasteiger partial charge in [-0.2, -0.15) is 9.30 Å². The molecule has 3 aromatic rings. The molecule has 0 bridgehead atoms. The van der Waals surface area contributed by atoms with Crippen LogP contribution < -0.4 is 4.80 Å². The van der Waals surface area contributed by atoms with Crippen molar-refractivity contribution in [1.29, 1.82) is 0 Å². The summed E-state index contributed by atoms with van der Waals surface area (Å²) in [6, 6.07) is 9.78. The number of benzene rings is 2. The molecule has 1 saturated heterocycles. The SMILES string of the molecule is COCCn1c(=NC(=O)c2ccc(S(=O)(=O)N3CCCCC3)cc2)sc2ccc(Cl)c(C)c21. The third-order valence-corrected chi connectivity index (χ3v) is 9.17. The maximum Gasteiger partial charge on any atom is 0.279 e. The number of amides is 1. The van der Waals surface area contributed by atoms with E-state index in [9.17, 15) is 13.2 Å². The number of halogens is 1. The van der Waals surface area contributed by atoms with Gasteiger partial charge < -0.3 is 9.30 Å². The Kier molecular flexibility index (Phi) is 7.35. The molecule has 2 aromatic carbocycles. The number of carbonyl (C=O) groups is 1. The zero-order chi connectivity index (χ0) is 23.6. The van der Waals surface area contributed by atoms with Crippen molar-refractivity contribution < 1.29 is 17.9 Å². The van der Waals surface area contributed by atoms with Gasteiger partial charge in [0.05, 0.1) is 21.7 Å². The molecule has 1 aliphatic heterocycles. The van der Waals surface area contributed by atoms with Gasteiger partial charge in [-0.15, -0.1) is 0 Å². The molecule has 7 nitrogen and oxygen atoms in total. The lowest BCUT2D eigenvalue weighted by Crippen LogP contribution is -2.35. The van der Waals surface area contributed by atoms with Gasteiger partial charge in [0, 0.05) is 37.3 Å². The number of methoxy groups -OCH3 is 1. The van der Waals surface area contributed by atoms with Gasteiger partial charge in [0.2, 0.25) is 10.0 Å². The number of nitrogens with zero attached hydrogens (tertiary/aromatic N) is 3. The van der Waals surface area contributed by atoms with Crippen LogP contribution in [-0.2, 0) is 21.3 Å². The number of aryl methyl sites for hydroxylation is 1. The van der Waals surface area contributed by atoms with Crippen molar-refractivity contribution >= 4 is 49.1 Å². The predicted octanol–water partition coefficient (Wildman–Crippen LogP) is 4.23. The highest BCUT2D eigenvalue weighted by Crippen LogP contribution is 2.27. The largest absolute Gasteiger partial charge is 0.383 e. The van der Waals surface area contributed by atoms with Crippen molar-refractivity contribution in [2.45, 2.75) is 37.6 Å². The van der Waals surface area contributed by atoms with Crippen LogP contribution in [0.5, 0.6) is 0 Å². The third-order valence-electron chi connectivity index (χ3n) is 5.80. The maximum atomic E-state index is 12.9. The fourth-order valence-electron chi connectivity index (χ4n) is 3.97. The first-order chi connectivity index (χ1) is 15.8. The van der Waals surface area contributed by atoms with E-state index in [1.165, 1.54) is 39.9 Å². The summed E-state index contributed by atoms with van der Waals surface area (Å²) in [5.74, 6) is -0.432. The van der Waals surface area contributed by atoms with Crippen molar-refractivity contribution in [2.24, 2.45) is 4.99 Å². The van der Waals surface area contributed by atoms with Crippen LogP contribution in [0.25, 0.3) is 10.2 Å². The number of hydrogen-bond acceptors (Lipinski definition) is 5. The van der Waals surface area contributed by atoms with Crippen molar-refractivity contribution in [2.75, 3.05) is 26.8 Å². The second-order valence-electron chi connectivity index (χ2n) is 7.95. The minimum absolute atomic E-state index is 0.197. The number of sulfonamides is 1. The average molecular weight is 508 g/mol. The predicted molar refractivity (Wildman–Crippen MR) is 130 cm³/mol. The number of rotatable bonds is 6. The third kappa shape index (κ3) is 4.93. The first-order valence-electron chi connectivity index (χ1n) is 10.8. The van der Waals surface area contributed by atoms with Crippen molar-refractivity contribution in [3.63, 3.8) is 0 Å². The lowest BCUT2D eigenvalue weighted by Gasteiger charge is -2.25. The van der Waals surface area contributed by atoms with E-state index >= 15 is 0 Å². The topological polar surface area (TPSA) is 81.0 Å². The Balaban J connectivity index is 1.67. The molecule has 1 aromatic heterocycles. The lowest BCUT2D eigenvalue weighted by atomic mass is 10.2. The molecule has 1 fully saturated rings. The summed E-state index contributed by atoms with van der Waals surface area (Å²) < 4.78 is 35.4. The lowest BCUT2D eigenvalue weighted by molar-refractivity contribution is 0.0997. The number of fused-ring (bicyclic) bond motifs is 1. The Hall–Kier alpha value is -2.04. The first kappa shape index (κ1) is 24.1. The van der Waals surface area contributed by atoms with Crippen molar-refractivity contribution in [1.82, 2.24) is 8.87 Å². The Morgan fingerprint density at radius 3 is 2.48 bits per heavy atom. The summed E-state index contributed by atoms with van der Waals surface area (Å²) in [4.78, 5) is 18.0. The van der Waals surface area contributed by atoms with Crippen LogP contribution in [0.1, 0.15) is 35.2 Å². The second kappa shape index (κ2) is 10.1. The first-order valence-corrected chi connectivity index (χ1v) is 13.4. The fourth-order valence-corrected chi connectivity index (χ4v) is 6.75. The highest BCUT2D eigenvalue weighted by Gasteiger charge is 2.26. The quantitative estimate of drug-likeness (QED) is 0.500. The van der Waals surface area contributed by atoms with E-state index in [0.29, 0.717) is 41.6 Å². The molecular formula is C23H26ClN3O4S2. The van der Waals surface area contributed by atoms with Gasteiger partial charge in [-0.25, -0.2) is 8.42 Å². The van der Waals surface area contributed by atoms with Gasteiger partial charge in [-0.3, -0.25) is 4.79 Å². The molecule has 4 rings (SSSR count). The number of hydrogen-bond donors (Lipinski definition) is 0. The highest BCUT2D eigenvalue weighted by molar-refractivity contribution is 7.89. The van der Waals surface area contributed by atoms with Gasteiger partial charge in [0.15, 0.2) is 4.80 Å². The Bertz CT molecular complexity index is 1340. The molecule has 1 amide bonds. The molecule has 0 spiro atoms. The number of carbonyl (C=O) groups excluding carboxylic acids is 1. The minimum atomic E-state index is -3.54. The number of piperidine rings is 1. The summed E-state index contributed by atoms with van der Waals surface area (Å²) >= 11 is 7.73. The maximum absolute atomic E-state index is 12.9. The average Bonchev–Trinajstić information content (AvgIpc) is 3.18. The van der Waals surface area contributed by atoms with Gasteiger partial charge in [-0.1, -0.05) is 29.4 Å². The van der Waals surface area contributed by atoms with Crippen LogP contribution in [0.3, 0.4) is 0 Å². The Morgan fingerprint density at radius 2 is 1.82 bits per heavy atom. The van der Waals surface area contributed by atoms with Gasteiger partial charge in [0.1, 0.15) is 0 Å². The summed E-state index contributed by atoms with van der Waals surface area (Å²) in [5, 5.41) is 0.648. The summed E-state index contributed by atoms with van der Waals surface area (Å²) in [7, 11) is -1.92. The van der Waals surface area contributed by atoms with Gasteiger partial charge >= 0.3 is 0 Å². The van der Waals surface area contributed by atoms with Crippen molar-refractivity contribution in [3.05, 3.63) is 57.3 Å². The molecule has 0 N–H and O–H groups in total.